The minimum Gasteiger partial charge on any atom is -0.494 e. The molecule has 0 fully saturated rings. The maximum atomic E-state index is 12.1. The third-order valence-corrected chi connectivity index (χ3v) is 3.75. The molecule has 5 nitrogen and oxygen atoms in total. The van der Waals surface area contributed by atoms with E-state index in [4.69, 9.17) is 9.57 Å². The number of carbonyl (C=O) groups is 1. The van der Waals surface area contributed by atoms with Crippen LogP contribution < -0.4 is 4.74 Å². The molecule has 0 unspecified atom stereocenters. The Hall–Kier alpha value is -2.82. The summed E-state index contributed by atoms with van der Waals surface area (Å²) in [7, 11) is 1.76. The summed E-state index contributed by atoms with van der Waals surface area (Å²) in [6, 6.07) is 15.5. The highest BCUT2D eigenvalue weighted by molar-refractivity contribution is 5.80. The van der Waals surface area contributed by atoms with Gasteiger partial charge in [0.1, 0.15) is 5.75 Å². The zero-order chi connectivity index (χ0) is 18.1. The van der Waals surface area contributed by atoms with Crippen LogP contribution in [0.15, 0.2) is 53.7 Å². The second kappa shape index (κ2) is 9.47. The number of benzene rings is 2. The number of likely N-dealkylation sites (N-methyl/N-ethyl adjacent to an activating group) is 1. The van der Waals surface area contributed by atoms with Crippen molar-refractivity contribution < 1.29 is 14.4 Å². The molecule has 0 heterocycles. The summed E-state index contributed by atoms with van der Waals surface area (Å²) in [4.78, 5) is 18.8. The Morgan fingerprint density at radius 3 is 2.56 bits per heavy atom. The molecule has 2 aromatic carbocycles. The first-order chi connectivity index (χ1) is 12.1. The Balaban J connectivity index is 1.78. The van der Waals surface area contributed by atoms with Crippen molar-refractivity contribution in [3.05, 3.63) is 65.2 Å². The molecule has 0 spiro atoms. The van der Waals surface area contributed by atoms with Crippen LogP contribution in [-0.4, -0.2) is 37.3 Å². The maximum absolute atomic E-state index is 12.1. The molecular formula is C20H24N2O3. The van der Waals surface area contributed by atoms with E-state index in [-0.39, 0.29) is 12.5 Å². The molecule has 0 saturated heterocycles. The van der Waals surface area contributed by atoms with Gasteiger partial charge in [-0.2, -0.15) is 0 Å². The Morgan fingerprint density at radius 2 is 1.88 bits per heavy atom. The van der Waals surface area contributed by atoms with Crippen molar-refractivity contribution in [3.8, 4) is 5.75 Å². The van der Waals surface area contributed by atoms with E-state index in [0.717, 1.165) is 22.4 Å². The van der Waals surface area contributed by atoms with Gasteiger partial charge in [-0.3, -0.25) is 4.79 Å². The van der Waals surface area contributed by atoms with Crippen LogP contribution in [0.1, 0.15) is 23.6 Å². The van der Waals surface area contributed by atoms with Crippen molar-refractivity contribution in [3.63, 3.8) is 0 Å². The van der Waals surface area contributed by atoms with Crippen molar-refractivity contribution in [2.75, 3.05) is 20.3 Å². The third kappa shape index (κ3) is 5.95. The van der Waals surface area contributed by atoms with E-state index in [1.165, 1.54) is 0 Å². The van der Waals surface area contributed by atoms with Crippen LogP contribution in [0.5, 0.6) is 5.75 Å². The topological polar surface area (TPSA) is 51.1 Å². The summed E-state index contributed by atoms with van der Waals surface area (Å²) in [5, 5.41) is 3.85. The van der Waals surface area contributed by atoms with Crippen LogP contribution in [0.2, 0.25) is 0 Å². The molecule has 5 heteroatoms. The lowest BCUT2D eigenvalue weighted by atomic mass is 10.1. The fourth-order valence-corrected chi connectivity index (χ4v) is 2.25. The number of carbonyl (C=O) groups excluding carboxylic acids is 1. The highest BCUT2D eigenvalue weighted by atomic mass is 16.6. The minimum atomic E-state index is -0.118. The average molecular weight is 340 g/mol. The first-order valence-electron chi connectivity index (χ1n) is 8.27. The molecule has 2 rings (SSSR count). The van der Waals surface area contributed by atoms with Crippen LogP contribution in [0.25, 0.3) is 0 Å². The van der Waals surface area contributed by atoms with E-state index in [1.807, 2.05) is 62.4 Å². The first kappa shape index (κ1) is 18.5. The molecular weight excluding hydrogens is 316 g/mol. The summed E-state index contributed by atoms with van der Waals surface area (Å²) in [5.74, 6) is 0.695. The number of hydrogen-bond acceptors (Lipinski definition) is 4. The fourth-order valence-electron chi connectivity index (χ4n) is 2.25. The minimum absolute atomic E-state index is 0.0874. The molecule has 0 N–H and O–H groups in total. The predicted molar refractivity (Wildman–Crippen MR) is 98.8 cm³/mol. The van der Waals surface area contributed by atoms with E-state index in [9.17, 15) is 4.79 Å². The molecule has 2 aromatic rings. The van der Waals surface area contributed by atoms with Gasteiger partial charge in [-0.15, -0.1) is 0 Å². The smallest absolute Gasteiger partial charge is 0.263 e. The monoisotopic (exact) mass is 340 g/mol. The normalized spacial score (nSPS) is 10.7. The standard InChI is InChI=1S/C20H24N2O3/c1-4-24-19-11-9-17(10-12-19)13-21-25-15-20(23)22(3)14-18-8-6-5-7-16(18)2/h5-13H,4,14-15H2,1-3H3/b21-13+. The summed E-state index contributed by atoms with van der Waals surface area (Å²) >= 11 is 0. The Labute approximate surface area is 148 Å². The molecule has 0 atom stereocenters. The van der Waals surface area contributed by atoms with Gasteiger partial charge in [0.25, 0.3) is 5.91 Å². The zero-order valence-electron chi connectivity index (χ0n) is 14.9. The molecule has 132 valence electrons. The van der Waals surface area contributed by atoms with E-state index >= 15 is 0 Å². The van der Waals surface area contributed by atoms with Crippen LogP contribution >= 0.6 is 0 Å². The molecule has 0 aromatic heterocycles. The quantitative estimate of drug-likeness (QED) is 0.547. The van der Waals surface area contributed by atoms with E-state index in [0.29, 0.717) is 13.2 Å². The molecule has 0 aliphatic rings. The second-order valence-electron chi connectivity index (χ2n) is 5.69. The number of ether oxygens (including phenoxy) is 1. The maximum Gasteiger partial charge on any atom is 0.263 e. The average Bonchev–Trinajstić information content (AvgIpc) is 2.62. The lowest BCUT2D eigenvalue weighted by Crippen LogP contribution is -2.29. The molecule has 0 radical (unpaired) electrons. The van der Waals surface area contributed by atoms with Gasteiger partial charge in [0.15, 0.2) is 6.61 Å². The van der Waals surface area contributed by atoms with Gasteiger partial charge >= 0.3 is 0 Å². The summed E-state index contributed by atoms with van der Waals surface area (Å²) in [5.41, 5.74) is 3.16. The van der Waals surface area contributed by atoms with Gasteiger partial charge in [0, 0.05) is 13.6 Å². The van der Waals surface area contributed by atoms with Gasteiger partial charge < -0.3 is 14.5 Å². The van der Waals surface area contributed by atoms with Crippen molar-refractivity contribution in [1.29, 1.82) is 0 Å². The summed E-state index contributed by atoms with van der Waals surface area (Å²) in [6.07, 6.45) is 1.57. The number of nitrogens with zero attached hydrogens (tertiary/aromatic N) is 2. The predicted octanol–water partition coefficient (Wildman–Crippen LogP) is 3.40. The fraction of sp³-hybridized carbons (Fsp3) is 0.300. The van der Waals surface area contributed by atoms with Gasteiger partial charge in [0.2, 0.25) is 0 Å². The number of amides is 1. The van der Waals surface area contributed by atoms with Crippen LogP contribution in [0, 0.1) is 6.92 Å². The largest absolute Gasteiger partial charge is 0.494 e. The molecule has 0 saturated carbocycles. The summed E-state index contributed by atoms with van der Waals surface area (Å²) in [6.45, 7) is 5.07. The highest BCUT2D eigenvalue weighted by Gasteiger charge is 2.10. The lowest BCUT2D eigenvalue weighted by Gasteiger charge is -2.17. The Kier molecular flexibility index (Phi) is 7.01. The van der Waals surface area contributed by atoms with Gasteiger partial charge in [-0.1, -0.05) is 29.4 Å². The molecule has 0 bridgehead atoms. The van der Waals surface area contributed by atoms with Crippen LogP contribution in [0.3, 0.4) is 0 Å². The number of hydrogen-bond donors (Lipinski definition) is 0. The molecule has 25 heavy (non-hydrogen) atoms. The van der Waals surface area contributed by atoms with Crippen molar-refractivity contribution in [1.82, 2.24) is 4.90 Å². The summed E-state index contributed by atoms with van der Waals surface area (Å²) < 4.78 is 5.38. The van der Waals surface area contributed by atoms with E-state index in [1.54, 1.807) is 18.2 Å². The van der Waals surface area contributed by atoms with Crippen molar-refractivity contribution in [2.24, 2.45) is 5.16 Å². The number of rotatable bonds is 8. The molecule has 1 amide bonds. The lowest BCUT2D eigenvalue weighted by molar-refractivity contribution is -0.135. The Morgan fingerprint density at radius 1 is 1.16 bits per heavy atom. The van der Waals surface area contributed by atoms with Crippen molar-refractivity contribution in [2.45, 2.75) is 20.4 Å². The van der Waals surface area contributed by atoms with Gasteiger partial charge in [0.05, 0.1) is 12.8 Å². The van der Waals surface area contributed by atoms with E-state index in [2.05, 4.69) is 5.16 Å². The van der Waals surface area contributed by atoms with Crippen LogP contribution in [0.4, 0.5) is 0 Å². The van der Waals surface area contributed by atoms with Crippen molar-refractivity contribution >= 4 is 12.1 Å². The van der Waals surface area contributed by atoms with Gasteiger partial charge in [-0.25, -0.2) is 0 Å². The molecule has 0 aliphatic heterocycles. The van der Waals surface area contributed by atoms with Gasteiger partial charge in [-0.05, 0) is 54.8 Å². The Bertz CT molecular complexity index is 711. The number of aryl methyl sites for hydroxylation is 1. The van der Waals surface area contributed by atoms with E-state index < -0.39 is 0 Å². The highest BCUT2D eigenvalue weighted by Crippen LogP contribution is 2.11. The SMILES string of the molecule is CCOc1ccc(/C=N/OCC(=O)N(C)Cc2ccccc2C)cc1. The second-order valence-corrected chi connectivity index (χ2v) is 5.69. The number of oxime groups is 1. The zero-order valence-corrected chi connectivity index (χ0v) is 14.9. The first-order valence-corrected chi connectivity index (χ1v) is 8.27. The van der Waals surface area contributed by atoms with Crippen LogP contribution in [-0.2, 0) is 16.2 Å². The molecule has 0 aliphatic carbocycles. The third-order valence-electron chi connectivity index (χ3n) is 3.75.